The van der Waals surface area contributed by atoms with E-state index in [0.29, 0.717) is 17.1 Å². The first kappa shape index (κ1) is 20.1. The second-order valence-electron chi connectivity index (χ2n) is 8.21. The minimum atomic E-state index is -1.08. The van der Waals surface area contributed by atoms with Crippen LogP contribution in [0.5, 0.6) is 0 Å². The van der Waals surface area contributed by atoms with E-state index in [1.807, 2.05) is 0 Å². The molecule has 0 rings (SSSR count). The number of allylic oxidation sites excluding steroid dienone is 1. The van der Waals surface area contributed by atoms with Crippen LogP contribution in [0.1, 0.15) is 68.2 Å². The minimum Gasteiger partial charge on any atom is -0.308 e. The Hall–Kier alpha value is 0.134. The van der Waals surface area contributed by atoms with Crippen LogP contribution in [-0.2, 0) is 0 Å². The third-order valence-corrected chi connectivity index (χ3v) is 18.9. The average molecular weight is 314 g/mol. The molecule has 2 unspecified atom stereocenters. The molecule has 0 aromatic rings. The van der Waals surface area contributed by atoms with Gasteiger partial charge in [0.2, 0.25) is 0 Å². The fourth-order valence-electron chi connectivity index (χ4n) is 2.38. The summed E-state index contributed by atoms with van der Waals surface area (Å²) in [5.41, 5.74) is 1.64. The summed E-state index contributed by atoms with van der Waals surface area (Å²) in [6.07, 6.45) is 2.42. The van der Waals surface area contributed by atoms with Crippen molar-refractivity contribution >= 4 is 16.6 Å². The normalized spacial score (nSPS) is 18.3. The Morgan fingerprint density at radius 2 is 1.60 bits per heavy atom. The van der Waals surface area contributed by atoms with Crippen molar-refractivity contribution in [2.24, 2.45) is 0 Å². The second-order valence-corrected chi connectivity index (χ2v) is 21.3. The lowest BCUT2D eigenvalue weighted by Gasteiger charge is -2.38. The molecule has 0 heterocycles. The smallest absolute Gasteiger partial charge is 0.0444 e. The highest BCUT2D eigenvalue weighted by molar-refractivity contribution is 7.27. The monoisotopic (exact) mass is 313 g/mol. The Morgan fingerprint density at radius 1 is 1.10 bits per heavy atom. The van der Waals surface area contributed by atoms with Gasteiger partial charge in [-0.1, -0.05) is 58.5 Å². The first-order chi connectivity index (χ1) is 8.96. The summed E-state index contributed by atoms with van der Waals surface area (Å²) in [5.74, 6) is 0. The van der Waals surface area contributed by atoms with E-state index in [1.54, 1.807) is 10.8 Å². The van der Waals surface area contributed by atoms with Gasteiger partial charge in [-0.15, -0.1) is 0 Å². The van der Waals surface area contributed by atoms with Crippen LogP contribution in [-0.4, -0.2) is 28.7 Å². The molecule has 120 valence electrons. The van der Waals surface area contributed by atoms with Crippen molar-refractivity contribution in [1.82, 2.24) is 5.32 Å². The zero-order valence-corrected chi connectivity index (χ0v) is 18.2. The van der Waals surface area contributed by atoms with Gasteiger partial charge in [0.1, 0.15) is 0 Å². The third kappa shape index (κ3) is 5.86. The first-order valence-corrected chi connectivity index (χ1v) is 14.4. The van der Waals surface area contributed by atoms with Gasteiger partial charge < -0.3 is 5.32 Å². The fraction of sp³-hybridized carbons (Fsp3) is 0.882. The maximum atomic E-state index is 3.80. The Kier molecular flexibility index (Phi) is 8.00. The van der Waals surface area contributed by atoms with Gasteiger partial charge in [-0.2, -0.15) is 0 Å². The van der Waals surface area contributed by atoms with Crippen LogP contribution in [0.2, 0.25) is 18.1 Å². The summed E-state index contributed by atoms with van der Waals surface area (Å²) in [4.78, 5) is 0. The van der Waals surface area contributed by atoms with Crippen LogP contribution >= 0.6 is 0 Å². The van der Waals surface area contributed by atoms with Crippen LogP contribution in [0, 0.1) is 0 Å². The summed E-state index contributed by atoms with van der Waals surface area (Å²) in [7, 11) is -1.19. The van der Waals surface area contributed by atoms with Crippen molar-refractivity contribution in [2.75, 3.05) is 0 Å². The predicted octanol–water partition coefficient (Wildman–Crippen LogP) is 4.62. The molecule has 0 aliphatic rings. The van der Waals surface area contributed by atoms with E-state index in [2.05, 4.69) is 73.8 Å². The predicted molar refractivity (Wildman–Crippen MR) is 101 cm³/mol. The Balaban J connectivity index is 5.04. The van der Waals surface area contributed by atoms with Crippen LogP contribution < -0.4 is 5.32 Å². The highest BCUT2D eigenvalue weighted by Crippen LogP contribution is 2.36. The number of hydrogen-bond donors (Lipinski definition) is 1. The molecular formula is C17H39NSi2. The van der Waals surface area contributed by atoms with Gasteiger partial charge in [-0.3, -0.25) is 0 Å². The molecule has 1 nitrogen and oxygen atoms in total. The maximum Gasteiger partial charge on any atom is 0.0444 e. The van der Waals surface area contributed by atoms with Crippen LogP contribution in [0.25, 0.3) is 0 Å². The summed E-state index contributed by atoms with van der Waals surface area (Å²) in [5, 5.41) is 6.10. The molecule has 0 spiro atoms. The van der Waals surface area contributed by atoms with Gasteiger partial charge in [-0.05, 0) is 38.7 Å². The SMILES string of the molecule is CCC(C)NC(CC)C(C)=C(C)[SiH2][Si](C)(C)C(C)(C)C. The molecule has 0 saturated heterocycles. The third-order valence-electron chi connectivity index (χ3n) is 5.44. The van der Waals surface area contributed by atoms with Gasteiger partial charge in [0, 0.05) is 28.7 Å². The highest BCUT2D eigenvalue weighted by atomic mass is 29.2. The van der Waals surface area contributed by atoms with Gasteiger partial charge in [0.05, 0.1) is 0 Å². The summed E-state index contributed by atoms with van der Waals surface area (Å²) in [6, 6.07) is 1.21. The van der Waals surface area contributed by atoms with E-state index < -0.39 is 7.59 Å². The lowest BCUT2D eigenvalue weighted by molar-refractivity contribution is 0.462. The molecule has 3 heteroatoms. The largest absolute Gasteiger partial charge is 0.308 e. The summed E-state index contributed by atoms with van der Waals surface area (Å²) < 4.78 is 0. The summed E-state index contributed by atoms with van der Waals surface area (Å²) in [6.45, 7) is 24.2. The number of rotatable bonds is 7. The molecule has 2 atom stereocenters. The van der Waals surface area contributed by atoms with E-state index in [0.717, 1.165) is 0 Å². The molecule has 0 aliphatic heterocycles. The van der Waals surface area contributed by atoms with Crippen molar-refractivity contribution in [1.29, 1.82) is 0 Å². The van der Waals surface area contributed by atoms with Crippen molar-refractivity contribution in [3.05, 3.63) is 10.8 Å². The van der Waals surface area contributed by atoms with Gasteiger partial charge >= 0.3 is 0 Å². The molecule has 0 saturated carbocycles. The van der Waals surface area contributed by atoms with Crippen molar-refractivity contribution in [3.63, 3.8) is 0 Å². The highest BCUT2D eigenvalue weighted by Gasteiger charge is 2.35. The zero-order chi connectivity index (χ0) is 16.1. The van der Waals surface area contributed by atoms with Crippen molar-refractivity contribution in [2.45, 2.75) is 98.4 Å². The average Bonchev–Trinajstić information content (AvgIpc) is 2.32. The quantitative estimate of drug-likeness (QED) is 0.676. The van der Waals surface area contributed by atoms with Gasteiger partial charge in [0.25, 0.3) is 0 Å². The number of nitrogens with one attached hydrogen (secondary N) is 1. The molecule has 0 radical (unpaired) electrons. The van der Waals surface area contributed by atoms with Gasteiger partial charge in [0.15, 0.2) is 0 Å². The van der Waals surface area contributed by atoms with Gasteiger partial charge in [-0.25, -0.2) is 0 Å². The Bertz CT molecular complexity index is 326. The van der Waals surface area contributed by atoms with Crippen molar-refractivity contribution < 1.29 is 0 Å². The molecule has 0 aliphatic carbocycles. The van der Waals surface area contributed by atoms with E-state index in [4.69, 9.17) is 0 Å². The summed E-state index contributed by atoms with van der Waals surface area (Å²) >= 11 is 0. The maximum absolute atomic E-state index is 3.80. The Labute approximate surface area is 131 Å². The fourth-order valence-corrected chi connectivity index (χ4v) is 11.2. The topological polar surface area (TPSA) is 12.0 Å². The Morgan fingerprint density at radius 3 is 1.95 bits per heavy atom. The second kappa shape index (κ2) is 7.95. The lowest BCUT2D eigenvalue weighted by Crippen LogP contribution is -2.45. The van der Waals surface area contributed by atoms with E-state index in [1.165, 1.54) is 12.8 Å². The number of hydrogen-bond acceptors (Lipinski definition) is 1. The molecule has 0 aromatic carbocycles. The van der Waals surface area contributed by atoms with Crippen LogP contribution in [0.15, 0.2) is 10.8 Å². The standard InChI is InChI=1S/C17H39NSi2/c1-11-13(3)18-16(12-2)14(4)15(5)19-20(9,10)17(6,7)8/h13,16,18H,11-12,19H2,1-10H3. The van der Waals surface area contributed by atoms with E-state index >= 15 is 0 Å². The molecular weight excluding hydrogens is 274 g/mol. The van der Waals surface area contributed by atoms with Crippen LogP contribution in [0.4, 0.5) is 0 Å². The first-order valence-electron chi connectivity index (χ1n) is 8.38. The van der Waals surface area contributed by atoms with Crippen LogP contribution in [0.3, 0.4) is 0 Å². The molecule has 20 heavy (non-hydrogen) atoms. The van der Waals surface area contributed by atoms with Crippen molar-refractivity contribution in [3.8, 4) is 0 Å². The lowest BCUT2D eigenvalue weighted by atomic mass is 10.0. The molecule has 0 aromatic heterocycles. The minimum absolute atomic E-state index is 0.102. The molecule has 0 amide bonds. The van der Waals surface area contributed by atoms with E-state index in [-0.39, 0.29) is 9.04 Å². The van der Waals surface area contributed by atoms with E-state index in [9.17, 15) is 0 Å². The zero-order valence-electron chi connectivity index (χ0n) is 15.8. The molecule has 0 bridgehead atoms. The molecule has 0 fully saturated rings. The molecule has 1 N–H and O–H groups in total.